The Morgan fingerprint density at radius 2 is 0.611 bits per heavy atom. The SMILES string of the molecule is CCCCCCCCCC(S(=O)(=O)N(CCCCCCCC#N)CCCCCCCC#N)S(=O)(=O)N(CCCCCCCC#N)CCCCCCCC#N. The van der Waals surface area contributed by atoms with Gasteiger partial charge in [-0.05, 0) is 57.8 Å². The first kappa shape index (κ1) is 51.8. The summed E-state index contributed by atoms with van der Waals surface area (Å²) < 4.78 is 60.4. The molecule has 0 saturated carbocycles. The number of nitrogens with zero attached hydrogens (tertiary/aromatic N) is 6. The van der Waals surface area contributed by atoms with Crippen molar-refractivity contribution in [2.75, 3.05) is 26.2 Å². The molecule has 12 heteroatoms. The highest BCUT2D eigenvalue weighted by Crippen LogP contribution is 2.27. The van der Waals surface area contributed by atoms with Crippen molar-refractivity contribution in [3.05, 3.63) is 0 Å². The van der Waals surface area contributed by atoms with E-state index in [4.69, 9.17) is 21.0 Å². The molecule has 0 atom stereocenters. The Balaban J connectivity index is 6.23. The Morgan fingerprint density at radius 1 is 0.370 bits per heavy atom. The number of sulfonamides is 2. The Bertz CT molecular complexity index is 1140. The molecule has 0 aliphatic rings. The van der Waals surface area contributed by atoms with Crippen molar-refractivity contribution < 1.29 is 16.8 Å². The van der Waals surface area contributed by atoms with Gasteiger partial charge in [0, 0.05) is 51.9 Å². The van der Waals surface area contributed by atoms with Crippen LogP contribution >= 0.6 is 0 Å². The van der Waals surface area contributed by atoms with E-state index in [2.05, 4.69) is 31.2 Å². The molecule has 0 N–H and O–H groups in total. The van der Waals surface area contributed by atoms with Gasteiger partial charge in [0.25, 0.3) is 0 Å². The van der Waals surface area contributed by atoms with Gasteiger partial charge in [-0.3, -0.25) is 0 Å². The lowest BCUT2D eigenvalue weighted by molar-refractivity contribution is 0.367. The topological polar surface area (TPSA) is 170 Å². The third kappa shape index (κ3) is 26.6. The van der Waals surface area contributed by atoms with E-state index in [1.54, 1.807) is 0 Å². The minimum absolute atomic E-state index is 0.0933. The Morgan fingerprint density at radius 3 is 0.889 bits per heavy atom. The molecule has 0 radical (unpaired) electrons. The number of hydrogen-bond donors (Lipinski definition) is 0. The Kier molecular flexibility index (Phi) is 34.9. The van der Waals surface area contributed by atoms with Crippen molar-refractivity contribution in [1.29, 1.82) is 21.0 Å². The van der Waals surface area contributed by atoms with E-state index < -0.39 is 24.6 Å². The molecule has 0 aliphatic heterocycles. The fourth-order valence-electron chi connectivity index (χ4n) is 6.87. The molecule has 310 valence electrons. The molecule has 0 unspecified atom stereocenters. The van der Waals surface area contributed by atoms with E-state index in [-0.39, 0.29) is 6.42 Å². The van der Waals surface area contributed by atoms with E-state index in [1.807, 2.05) is 0 Å². The van der Waals surface area contributed by atoms with Gasteiger partial charge in [-0.25, -0.2) is 25.4 Å². The smallest absolute Gasteiger partial charge is 0.211 e. The maximum Gasteiger partial charge on any atom is 0.232 e. The highest BCUT2D eigenvalue weighted by molar-refractivity contribution is 8.07. The van der Waals surface area contributed by atoms with Crippen molar-refractivity contribution in [2.24, 2.45) is 0 Å². The molecule has 0 aromatic rings. The maximum atomic E-state index is 14.7. The molecule has 0 spiro atoms. The number of nitriles is 4. The predicted octanol–water partition coefficient (Wildman–Crippen LogP) is 11.2. The van der Waals surface area contributed by atoms with Gasteiger partial charge < -0.3 is 0 Å². The van der Waals surface area contributed by atoms with Crippen LogP contribution in [0.4, 0.5) is 0 Å². The van der Waals surface area contributed by atoms with Gasteiger partial charge in [-0.2, -0.15) is 21.0 Å². The highest BCUT2D eigenvalue weighted by atomic mass is 32.3. The van der Waals surface area contributed by atoms with Crippen LogP contribution in [0.3, 0.4) is 0 Å². The third-order valence-electron chi connectivity index (χ3n) is 10.2. The fourth-order valence-corrected chi connectivity index (χ4v) is 12.0. The molecule has 54 heavy (non-hydrogen) atoms. The van der Waals surface area contributed by atoms with Crippen molar-refractivity contribution in [2.45, 2.75) is 217 Å². The number of hydrogen-bond acceptors (Lipinski definition) is 8. The molecule has 0 aromatic heterocycles. The van der Waals surface area contributed by atoms with Crippen LogP contribution in [0.1, 0.15) is 212 Å². The van der Waals surface area contributed by atoms with E-state index in [0.29, 0.717) is 84.0 Å². The predicted molar refractivity (Wildman–Crippen MR) is 221 cm³/mol. The quantitative estimate of drug-likeness (QED) is 0.0552. The summed E-state index contributed by atoms with van der Waals surface area (Å²) in [5, 5.41) is 35.5. The second kappa shape index (κ2) is 36.4. The summed E-state index contributed by atoms with van der Waals surface area (Å²) in [4.78, 5) is 0. The molecule has 10 nitrogen and oxygen atoms in total. The molecular weight excluding hydrogens is 717 g/mol. The molecule has 0 aliphatic carbocycles. The molecular formula is C42H76N6O4S2. The van der Waals surface area contributed by atoms with Crippen molar-refractivity contribution >= 4 is 20.0 Å². The van der Waals surface area contributed by atoms with E-state index in [9.17, 15) is 16.8 Å². The summed E-state index contributed by atoms with van der Waals surface area (Å²) in [6, 6.07) is 8.71. The van der Waals surface area contributed by atoms with Crippen LogP contribution < -0.4 is 0 Å². The van der Waals surface area contributed by atoms with Crippen LogP contribution in [-0.4, -0.2) is 56.2 Å². The largest absolute Gasteiger partial charge is 0.232 e. The van der Waals surface area contributed by atoms with Crippen LogP contribution in [0.25, 0.3) is 0 Å². The molecule has 0 rings (SSSR count). The van der Waals surface area contributed by atoms with Gasteiger partial charge in [0.15, 0.2) is 4.58 Å². The van der Waals surface area contributed by atoms with E-state index >= 15 is 0 Å². The Hall–Kier alpha value is -2.22. The molecule has 0 aromatic carbocycles. The first-order valence-corrected chi connectivity index (χ1v) is 24.7. The summed E-state index contributed by atoms with van der Waals surface area (Å²) >= 11 is 0. The second-order valence-corrected chi connectivity index (χ2v) is 19.5. The first-order valence-electron chi connectivity index (χ1n) is 21.7. The minimum Gasteiger partial charge on any atom is -0.211 e. The zero-order valence-electron chi connectivity index (χ0n) is 34.2. The van der Waals surface area contributed by atoms with Crippen molar-refractivity contribution in [1.82, 2.24) is 8.61 Å². The minimum atomic E-state index is -4.20. The van der Waals surface area contributed by atoms with Crippen LogP contribution in [0.5, 0.6) is 0 Å². The van der Waals surface area contributed by atoms with Gasteiger partial charge in [0.2, 0.25) is 20.0 Å². The summed E-state index contributed by atoms with van der Waals surface area (Å²) in [6.45, 7) is 3.35. The van der Waals surface area contributed by atoms with Gasteiger partial charge >= 0.3 is 0 Å². The highest BCUT2D eigenvalue weighted by Gasteiger charge is 2.43. The van der Waals surface area contributed by atoms with Crippen LogP contribution in [0.15, 0.2) is 0 Å². The second-order valence-electron chi connectivity index (χ2n) is 14.9. The average molecular weight is 793 g/mol. The van der Waals surface area contributed by atoms with Gasteiger partial charge in [-0.1, -0.05) is 129 Å². The van der Waals surface area contributed by atoms with Crippen LogP contribution in [0, 0.1) is 45.3 Å². The van der Waals surface area contributed by atoms with E-state index in [1.165, 1.54) is 15.0 Å². The van der Waals surface area contributed by atoms with Crippen molar-refractivity contribution in [3.63, 3.8) is 0 Å². The standard InChI is InChI=1S/C42H76N6O4S2/c1-2-3-4-5-6-15-24-33-42(53(49,50)47(38-29-20-11-7-16-25-34-43)39-30-21-12-8-17-26-35-44)54(51,52)48(40-31-22-13-9-18-27-36-45)41-32-23-14-10-19-28-37-46/h42H,2-33,38-41H2,1H3. The normalized spacial score (nSPS) is 11.9. The summed E-state index contributed by atoms with van der Waals surface area (Å²) in [5.74, 6) is 0. The number of unbranched alkanes of at least 4 members (excludes halogenated alkanes) is 26. The summed E-state index contributed by atoms with van der Waals surface area (Å²) in [6.07, 6.45) is 25.6. The summed E-state index contributed by atoms with van der Waals surface area (Å²) in [7, 11) is -8.41. The summed E-state index contributed by atoms with van der Waals surface area (Å²) in [5.41, 5.74) is 0. The number of rotatable bonds is 40. The lowest BCUT2D eigenvalue weighted by Crippen LogP contribution is -2.49. The fraction of sp³-hybridized carbons (Fsp3) is 0.905. The van der Waals surface area contributed by atoms with Gasteiger partial charge in [-0.15, -0.1) is 0 Å². The lowest BCUT2D eigenvalue weighted by Gasteiger charge is -2.32. The van der Waals surface area contributed by atoms with Crippen LogP contribution in [0.2, 0.25) is 0 Å². The third-order valence-corrected chi connectivity index (χ3v) is 15.6. The maximum absolute atomic E-state index is 14.7. The monoisotopic (exact) mass is 793 g/mol. The lowest BCUT2D eigenvalue weighted by atomic mass is 10.1. The van der Waals surface area contributed by atoms with Crippen molar-refractivity contribution in [3.8, 4) is 24.3 Å². The molecule has 0 bridgehead atoms. The molecule has 0 heterocycles. The average Bonchev–Trinajstić information content (AvgIpc) is 3.15. The van der Waals surface area contributed by atoms with Gasteiger partial charge in [0.05, 0.1) is 24.3 Å². The molecule has 0 fully saturated rings. The molecule has 0 saturated heterocycles. The molecule has 0 amide bonds. The Labute approximate surface area is 332 Å². The first-order chi connectivity index (χ1) is 26.2. The zero-order valence-corrected chi connectivity index (χ0v) is 35.8. The van der Waals surface area contributed by atoms with Gasteiger partial charge in [0.1, 0.15) is 0 Å². The van der Waals surface area contributed by atoms with Crippen LogP contribution in [-0.2, 0) is 20.0 Å². The zero-order chi connectivity index (χ0) is 40.0. The van der Waals surface area contributed by atoms with E-state index in [0.717, 1.165) is 135 Å².